The van der Waals surface area contributed by atoms with E-state index in [1.54, 1.807) is 16.7 Å². The summed E-state index contributed by atoms with van der Waals surface area (Å²) in [7, 11) is 0. The van der Waals surface area contributed by atoms with Gasteiger partial charge in [-0.1, -0.05) is 13.8 Å². The number of nitrogens with zero attached hydrogens (tertiary/aromatic N) is 2. The number of hydrogen-bond acceptors (Lipinski definition) is 4. The summed E-state index contributed by atoms with van der Waals surface area (Å²) in [6.07, 6.45) is -0.303. The summed E-state index contributed by atoms with van der Waals surface area (Å²) < 4.78 is 11.4. The highest BCUT2D eigenvalue weighted by Gasteiger charge is 2.29. The van der Waals surface area contributed by atoms with Crippen LogP contribution < -0.4 is 0 Å². The normalized spacial score (nSPS) is 15.2. The van der Waals surface area contributed by atoms with Crippen LogP contribution in [0.2, 0.25) is 0 Å². The van der Waals surface area contributed by atoms with E-state index in [-0.39, 0.29) is 12.0 Å². The lowest BCUT2D eigenvalue weighted by molar-refractivity contribution is 0.0533. The maximum atomic E-state index is 12.6. The van der Waals surface area contributed by atoms with Gasteiger partial charge >= 0.3 is 6.09 Å². The SMILES string of the molecule is Cc1oc(C)c(C(=O)N2CCN(C(=O)OCC(C)C)CC2)c1Br. The fraction of sp³-hybridized carbons (Fsp3) is 0.625. The Labute approximate surface area is 144 Å². The number of amides is 2. The molecule has 0 aliphatic carbocycles. The third kappa shape index (κ3) is 4.07. The van der Waals surface area contributed by atoms with E-state index < -0.39 is 0 Å². The fourth-order valence-electron chi connectivity index (χ4n) is 2.48. The molecule has 1 aliphatic heterocycles. The van der Waals surface area contributed by atoms with Crippen LogP contribution >= 0.6 is 15.9 Å². The first-order valence-electron chi connectivity index (χ1n) is 7.77. The molecule has 0 unspecified atom stereocenters. The summed E-state index contributed by atoms with van der Waals surface area (Å²) >= 11 is 3.41. The Morgan fingerprint density at radius 3 is 2.17 bits per heavy atom. The van der Waals surface area contributed by atoms with Crippen molar-refractivity contribution in [1.82, 2.24) is 9.80 Å². The van der Waals surface area contributed by atoms with Gasteiger partial charge in [-0.2, -0.15) is 0 Å². The highest BCUT2D eigenvalue weighted by atomic mass is 79.9. The van der Waals surface area contributed by atoms with Crippen LogP contribution in [0.4, 0.5) is 4.79 Å². The average molecular weight is 387 g/mol. The van der Waals surface area contributed by atoms with Crippen molar-refractivity contribution in [3.8, 4) is 0 Å². The zero-order valence-corrected chi connectivity index (χ0v) is 15.6. The zero-order chi connectivity index (χ0) is 17.1. The van der Waals surface area contributed by atoms with Crippen molar-refractivity contribution in [3.05, 3.63) is 21.6 Å². The summed E-state index contributed by atoms with van der Waals surface area (Å²) in [6, 6.07) is 0. The Kier molecular flexibility index (Phi) is 5.73. The first kappa shape index (κ1) is 17.8. The number of ether oxygens (including phenoxy) is 1. The molecule has 0 atom stereocenters. The first-order chi connectivity index (χ1) is 10.8. The predicted octanol–water partition coefficient (Wildman–Crippen LogP) is 3.21. The van der Waals surface area contributed by atoms with Crippen molar-refractivity contribution in [3.63, 3.8) is 0 Å². The van der Waals surface area contributed by atoms with E-state index in [4.69, 9.17) is 9.15 Å². The molecular formula is C16H23BrN2O4. The van der Waals surface area contributed by atoms with Gasteiger partial charge in [-0.15, -0.1) is 0 Å². The van der Waals surface area contributed by atoms with E-state index in [0.717, 1.165) is 0 Å². The van der Waals surface area contributed by atoms with Crippen LogP contribution in [0.15, 0.2) is 8.89 Å². The molecule has 0 saturated carbocycles. The highest BCUT2D eigenvalue weighted by Crippen LogP contribution is 2.28. The topological polar surface area (TPSA) is 63.0 Å². The largest absolute Gasteiger partial charge is 0.465 e. The van der Waals surface area contributed by atoms with E-state index >= 15 is 0 Å². The Morgan fingerprint density at radius 2 is 1.70 bits per heavy atom. The second kappa shape index (κ2) is 7.38. The van der Waals surface area contributed by atoms with Crippen LogP contribution in [0.1, 0.15) is 35.7 Å². The Morgan fingerprint density at radius 1 is 1.13 bits per heavy atom. The van der Waals surface area contributed by atoms with Gasteiger partial charge in [0, 0.05) is 26.2 Å². The van der Waals surface area contributed by atoms with Crippen LogP contribution in [0.25, 0.3) is 0 Å². The van der Waals surface area contributed by atoms with E-state index in [9.17, 15) is 9.59 Å². The standard InChI is InChI=1S/C16H23BrN2O4/c1-10(2)9-22-16(21)19-7-5-18(6-8-19)15(20)13-11(3)23-12(4)14(13)17/h10H,5-9H2,1-4H3. The van der Waals surface area contributed by atoms with Gasteiger partial charge in [-0.05, 0) is 35.7 Å². The van der Waals surface area contributed by atoms with Crippen LogP contribution in [0, 0.1) is 19.8 Å². The van der Waals surface area contributed by atoms with Crippen molar-refractivity contribution in [2.24, 2.45) is 5.92 Å². The van der Waals surface area contributed by atoms with Gasteiger partial charge in [0.15, 0.2) is 0 Å². The molecule has 1 aromatic heterocycles. The Bertz CT molecular complexity index is 589. The molecule has 128 valence electrons. The minimum absolute atomic E-state index is 0.0681. The van der Waals surface area contributed by atoms with E-state index in [1.807, 2.05) is 20.8 Å². The zero-order valence-electron chi connectivity index (χ0n) is 14.0. The molecular weight excluding hydrogens is 364 g/mol. The number of aryl methyl sites for hydroxylation is 2. The van der Waals surface area contributed by atoms with E-state index in [0.29, 0.717) is 60.3 Å². The second-order valence-corrected chi connectivity index (χ2v) is 6.95. The molecule has 2 heterocycles. The molecule has 7 heteroatoms. The van der Waals surface area contributed by atoms with Crippen molar-refractivity contribution in [2.75, 3.05) is 32.8 Å². The minimum Gasteiger partial charge on any atom is -0.465 e. The summed E-state index contributed by atoms with van der Waals surface area (Å²) in [5.74, 6) is 1.55. The van der Waals surface area contributed by atoms with Gasteiger partial charge in [-0.3, -0.25) is 4.79 Å². The third-order valence-electron chi connectivity index (χ3n) is 3.77. The van der Waals surface area contributed by atoms with E-state index in [1.165, 1.54) is 0 Å². The fourth-order valence-corrected chi connectivity index (χ4v) is 3.01. The number of carbonyl (C=O) groups is 2. The molecule has 1 saturated heterocycles. The van der Waals surface area contributed by atoms with Crippen molar-refractivity contribution in [2.45, 2.75) is 27.7 Å². The maximum absolute atomic E-state index is 12.6. The van der Waals surface area contributed by atoms with Gasteiger partial charge in [0.1, 0.15) is 11.5 Å². The Balaban J connectivity index is 1.94. The molecule has 23 heavy (non-hydrogen) atoms. The lowest BCUT2D eigenvalue weighted by Gasteiger charge is -2.34. The molecule has 0 aromatic carbocycles. The first-order valence-corrected chi connectivity index (χ1v) is 8.57. The molecule has 1 aromatic rings. The molecule has 2 rings (SSSR count). The second-order valence-electron chi connectivity index (χ2n) is 6.15. The number of furan rings is 1. The lowest BCUT2D eigenvalue weighted by atomic mass is 10.2. The average Bonchev–Trinajstić information content (AvgIpc) is 2.77. The molecule has 2 amide bonds. The van der Waals surface area contributed by atoms with Crippen LogP contribution in [0.3, 0.4) is 0 Å². The van der Waals surface area contributed by atoms with Crippen LogP contribution in [-0.4, -0.2) is 54.6 Å². The number of halogens is 1. The number of rotatable bonds is 3. The minimum atomic E-state index is -0.303. The maximum Gasteiger partial charge on any atom is 0.409 e. The summed E-state index contributed by atoms with van der Waals surface area (Å²) in [5, 5.41) is 0. The van der Waals surface area contributed by atoms with Gasteiger partial charge in [-0.25, -0.2) is 4.79 Å². The van der Waals surface area contributed by atoms with Gasteiger partial charge in [0.2, 0.25) is 0 Å². The third-order valence-corrected chi connectivity index (χ3v) is 4.72. The van der Waals surface area contributed by atoms with Crippen LogP contribution in [0.5, 0.6) is 0 Å². The number of carbonyl (C=O) groups excluding carboxylic acids is 2. The summed E-state index contributed by atoms with van der Waals surface area (Å²) in [5.41, 5.74) is 0.568. The Hall–Kier alpha value is -1.50. The molecule has 0 spiro atoms. The number of hydrogen-bond donors (Lipinski definition) is 0. The van der Waals surface area contributed by atoms with Gasteiger partial charge < -0.3 is 19.0 Å². The summed E-state index contributed by atoms with van der Waals surface area (Å²) in [6.45, 7) is 9.96. The molecule has 6 nitrogen and oxygen atoms in total. The number of piperazine rings is 1. The van der Waals surface area contributed by atoms with Gasteiger partial charge in [0.25, 0.3) is 5.91 Å². The van der Waals surface area contributed by atoms with Crippen molar-refractivity contribution >= 4 is 27.9 Å². The van der Waals surface area contributed by atoms with Crippen molar-refractivity contribution in [1.29, 1.82) is 0 Å². The lowest BCUT2D eigenvalue weighted by Crippen LogP contribution is -2.51. The summed E-state index contributed by atoms with van der Waals surface area (Å²) in [4.78, 5) is 28.0. The molecule has 0 bridgehead atoms. The van der Waals surface area contributed by atoms with Gasteiger partial charge in [0.05, 0.1) is 16.6 Å². The van der Waals surface area contributed by atoms with E-state index in [2.05, 4.69) is 15.9 Å². The molecule has 1 aliphatic rings. The monoisotopic (exact) mass is 386 g/mol. The molecule has 0 radical (unpaired) electrons. The van der Waals surface area contributed by atoms with Crippen molar-refractivity contribution < 1.29 is 18.7 Å². The van der Waals surface area contributed by atoms with Crippen LogP contribution in [-0.2, 0) is 4.74 Å². The quantitative estimate of drug-likeness (QED) is 0.799. The molecule has 0 N–H and O–H groups in total. The highest BCUT2D eigenvalue weighted by molar-refractivity contribution is 9.10. The smallest absolute Gasteiger partial charge is 0.409 e. The molecule has 1 fully saturated rings. The predicted molar refractivity (Wildman–Crippen MR) is 89.5 cm³/mol.